The highest BCUT2D eigenvalue weighted by Gasteiger charge is 1.94. The first-order chi connectivity index (χ1) is 9.84. The third kappa shape index (κ3) is 6.07. The van der Waals surface area contributed by atoms with Crippen LogP contribution in [-0.4, -0.2) is 5.75 Å². The van der Waals surface area contributed by atoms with Gasteiger partial charge in [0.2, 0.25) is 0 Å². The zero-order valence-electron chi connectivity index (χ0n) is 10.9. The topological polar surface area (TPSA) is 0 Å². The van der Waals surface area contributed by atoms with E-state index in [1.165, 1.54) is 17.0 Å². The molecule has 0 amide bonds. The van der Waals surface area contributed by atoms with Crippen molar-refractivity contribution in [3.63, 3.8) is 0 Å². The van der Waals surface area contributed by atoms with Crippen LogP contribution in [0.2, 0.25) is 0 Å². The van der Waals surface area contributed by atoms with Crippen molar-refractivity contribution < 1.29 is 4.39 Å². The highest BCUT2D eigenvalue weighted by molar-refractivity contribution is 8.77. The molecule has 0 aliphatic rings. The number of halogens is 1. The van der Waals surface area contributed by atoms with Gasteiger partial charge in [0.05, 0.1) is 0 Å². The molecule has 0 N–H and O–H groups in total. The maximum Gasteiger partial charge on any atom is 0.123 e. The Morgan fingerprint density at radius 2 is 1.70 bits per heavy atom. The largest absolute Gasteiger partial charge is 0.207 e. The minimum absolute atomic E-state index is 0.177. The van der Waals surface area contributed by atoms with Crippen molar-refractivity contribution in [3.8, 4) is 0 Å². The molecule has 0 atom stereocenters. The maximum atomic E-state index is 12.7. The smallest absolute Gasteiger partial charge is 0.123 e. The van der Waals surface area contributed by atoms with E-state index >= 15 is 0 Å². The van der Waals surface area contributed by atoms with Crippen LogP contribution in [0.3, 0.4) is 0 Å². The third-order valence-electron chi connectivity index (χ3n) is 2.45. The fourth-order valence-electron chi connectivity index (χ4n) is 1.46. The SMILES string of the molecule is Fc1ccc(CSS/C=C\CSc2ccccc2)cc1. The highest BCUT2D eigenvalue weighted by atomic mass is 33.1. The molecular formula is C16H15FS3. The summed E-state index contributed by atoms with van der Waals surface area (Å²) in [5.41, 5.74) is 1.15. The van der Waals surface area contributed by atoms with Gasteiger partial charge in [-0.05, 0) is 35.2 Å². The molecule has 0 unspecified atom stereocenters. The molecule has 0 saturated heterocycles. The van der Waals surface area contributed by atoms with Crippen molar-refractivity contribution in [2.24, 2.45) is 0 Å². The van der Waals surface area contributed by atoms with Gasteiger partial charge in [0.1, 0.15) is 5.82 Å². The zero-order valence-corrected chi connectivity index (χ0v) is 13.3. The van der Waals surface area contributed by atoms with Crippen LogP contribution in [-0.2, 0) is 5.75 Å². The Hall–Kier alpha value is -0.840. The summed E-state index contributed by atoms with van der Waals surface area (Å²) in [6.45, 7) is 0. The molecule has 2 rings (SSSR count). The van der Waals surface area contributed by atoms with E-state index in [0.717, 1.165) is 17.1 Å². The Labute approximate surface area is 131 Å². The molecule has 0 fully saturated rings. The lowest BCUT2D eigenvalue weighted by Gasteiger charge is -1.98. The van der Waals surface area contributed by atoms with Crippen molar-refractivity contribution in [2.75, 3.05) is 5.75 Å². The first kappa shape index (κ1) is 15.5. The van der Waals surface area contributed by atoms with Gasteiger partial charge in [-0.1, -0.05) is 58.0 Å². The fourth-order valence-corrected chi connectivity index (χ4v) is 4.05. The third-order valence-corrected chi connectivity index (χ3v) is 5.40. The number of rotatable bonds is 7. The van der Waals surface area contributed by atoms with Gasteiger partial charge in [-0.25, -0.2) is 4.39 Å². The number of benzene rings is 2. The lowest BCUT2D eigenvalue weighted by atomic mass is 10.2. The van der Waals surface area contributed by atoms with Crippen LogP contribution in [0, 0.1) is 5.82 Å². The quantitative estimate of drug-likeness (QED) is 0.348. The predicted molar refractivity (Wildman–Crippen MR) is 91.6 cm³/mol. The van der Waals surface area contributed by atoms with Gasteiger partial charge in [-0.3, -0.25) is 0 Å². The summed E-state index contributed by atoms with van der Waals surface area (Å²) >= 11 is 1.83. The van der Waals surface area contributed by atoms with Gasteiger partial charge in [0, 0.05) is 16.4 Å². The lowest BCUT2D eigenvalue weighted by molar-refractivity contribution is 0.627. The van der Waals surface area contributed by atoms with Crippen molar-refractivity contribution in [3.05, 3.63) is 77.5 Å². The second-order valence-electron chi connectivity index (χ2n) is 3.98. The van der Waals surface area contributed by atoms with Crippen LogP contribution in [0.25, 0.3) is 0 Å². The van der Waals surface area contributed by atoms with E-state index in [9.17, 15) is 4.39 Å². The molecule has 0 bridgehead atoms. The van der Waals surface area contributed by atoms with Gasteiger partial charge >= 0.3 is 0 Å². The monoisotopic (exact) mass is 322 g/mol. The number of hydrogen-bond acceptors (Lipinski definition) is 3. The fraction of sp³-hybridized carbons (Fsp3) is 0.125. The van der Waals surface area contributed by atoms with E-state index in [2.05, 4.69) is 35.7 Å². The summed E-state index contributed by atoms with van der Waals surface area (Å²) < 4.78 is 12.7. The molecule has 0 radical (unpaired) electrons. The minimum Gasteiger partial charge on any atom is -0.207 e. The van der Waals surface area contributed by atoms with Crippen LogP contribution in [0.5, 0.6) is 0 Å². The summed E-state index contributed by atoms with van der Waals surface area (Å²) in [5.74, 6) is 1.69. The molecule has 4 heteroatoms. The van der Waals surface area contributed by atoms with Gasteiger partial charge in [0.25, 0.3) is 0 Å². The van der Waals surface area contributed by atoms with Crippen LogP contribution >= 0.6 is 33.3 Å². The van der Waals surface area contributed by atoms with Crippen LogP contribution < -0.4 is 0 Å². The lowest BCUT2D eigenvalue weighted by Crippen LogP contribution is -1.78. The van der Waals surface area contributed by atoms with Gasteiger partial charge in [-0.2, -0.15) is 0 Å². The zero-order chi connectivity index (χ0) is 14.0. The normalized spacial score (nSPS) is 11.1. The average molecular weight is 322 g/mol. The molecule has 0 aliphatic carbocycles. The van der Waals surface area contributed by atoms with E-state index in [4.69, 9.17) is 0 Å². The van der Waals surface area contributed by atoms with Crippen LogP contribution in [0.1, 0.15) is 5.56 Å². The molecule has 0 spiro atoms. The van der Waals surface area contributed by atoms with Crippen LogP contribution in [0.15, 0.2) is 71.0 Å². The van der Waals surface area contributed by atoms with E-state index in [-0.39, 0.29) is 5.82 Å². The maximum absolute atomic E-state index is 12.7. The molecule has 20 heavy (non-hydrogen) atoms. The Morgan fingerprint density at radius 1 is 0.950 bits per heavy atom. The molecule has 0 aliphatic heterocycles. The summed E-state index contributed by atoms with van der Waals surface area (Å²) in [5, 5.41) is 2.12. The van der Waals surface area contributed by atoms with E-state index in [1.54, 1.807) is 21.6 Å². The highest BCUT2D eigenvalue weighted by Crippen LogP contribution is 2.27. The summed E-state index contributed by atoms with van der Waals surface area (Å²) in [6, 6.07) is 17.1. The summed E-state index contributed by atoms with van der Waals surface area (Å²) in [4.78, 5) is 1.29. The van der Waals surface area contributed by atoms with Crippen LogP contribution in [0.4, 0.5) is 4.39 Å². The second kappa shape index (κ2) is 9.16. The Morgan fingerprint density at radius 3 is 2.45 bits per heavy atom. The van der Waals surface area contributed by atoms with Crippen molar-refractivity contribution in [2.45, 2.75) is 10.6 Å². The van der Waals surface area contributed by atoms with E-state index in [1.807, 2.05) is 30.0 Å². The van der Waals surface area contributed by atoms with Gasteiger partial charge in [0.15, 0.2) is 0 Å². The number of thioether (sulfide) groups is 1. The molecular weight excluding hydrogens is 307 g/mol. The summed E-state index contributed by atoms with van der Waals surface area (Å²) in [7, 11) is 3.47. The standard InChI is InChI=1S/C16H15FS3/c17-15-9-7-14(8-10-15)13-20-19-12-4-11-18-16-5-2-1-3-6-16/h1-10,12H,11,13H2/b12-4-. The first-order valence-corrected chi connectivity index (χ1v) is 9.57. The van der Waals surface area contributed by atoms with E-state index < -0.39 is 0 Å². The minimum atomic E-state index is -0.177. The molecule has 2 aromatic carbocycles. The molecule has 0 aromatic heterocycles. The predicted octanol–water partition coefficient (Wildman–Crippen LogP) is 6.01. The molecule has 0 nitrogen and oxygen atoms in total. The summed E-state index contributed by atoms with van der Waals surface area (Å²) in [6.07, 6.45) is 2.17. The Bertz CT molecular complexity index is 523. The van der Waals surface area contributed by atoms with Crippen molar-refractivity contribution in [1.82, 2.24) is 0 Å². The van der Waals surface area contributed by atoms with E-state index in [0.29, 0.717) is 0 Å². The Kier molecular flexibility index (Phi) is 7.12. The van der Waals surface area contributed by atoms with Crippen molar-refractivity contribution in [1.29, 1.82) is 0 Å². The van der Waals surface area contributed by atoms with Gasteiger partial charge in [-0.15, -0.1) is 11.8 Å². The van der Waals surface area contributed by atoms with Crippen molar-refractivity contribution >= 4 is 33.3 Å². The molecule has 104 valence electrons. The molecule has 0 heterocycles. The van der Waals surface area contributed by atoms with Gasteiger partial charge < -0.3 is 0 Å². The molecule has 0 saturated carbocycles. The average Bonchev–Trinajstić information content (AvgIpc) is 2.49. The number of hydrogen-bond donors (Lipinski definition) is 0. The molecule has 2 aromatic rings. The Balaban J connectivity index is 1.59. The second-order valence-corrected chi connectivity index (χ2v) is 7.35. The first-order valence-electron chi connectivity index (χ1n) is 6.20.